The van der Waals surface area contributed by atoms with Gasteiger partial charge in [0.2, 0.25) is 5.76 Å². The molecule has 0 fully saturated rings. The lowest BCUT2D eigenvalue weighted by Crippen LogP contribution is -2.17. The number of rotatable bonds is 5. The van der Waals surface area contributed by atoms with Crippen molar-refractivity contribution in [2.45, 2.75) is 13.1 Å². The first kappa shape index (κ1) is 14.2. The van der Waals surface area contributed by atoms with Gasteiger partial charge < -0.3 is 8.94 Å². The van der Waals surface area contributed by atoms with Crippen LogP contribution < -0.4 is 0 Å². The van der Waals surface area contributed by atoms with Crippen molar-refractivity contribution in [3.05, 3.63) is 65.4 Å². The van der Waals surface area contributed by atoms with Crippen LogP contribution in [0.1, 0.15) is 11.3 Å². The quantitative estimate of drug-likeness (QED) is 0.530. The molecule has 0 aliphatic carbocycles. The molecule has 3 aromatic heterocycles. The molecule has 0 spiro atoms. The minimum atomic E-state index is 0.666. The zero-order valence-corrected chi connectivity index (χ0v) is 13.5. The van der Waals surface area contributed by atoms with Gasteiger partial charge >= 0.3 is 0 Å². The van der Waals surface area contributed by atoms with Crippen LogP contribution in [-0.4, -0.2) is 17.1 Å². The van der Waals surface area contributed by atoms with Crippen LogP contribution in [0.2, 0.25) is 0 Å². The Morgan fingerprint density at radius 2 is 2.00 bits per heavy atom. The fraction of sp³-hybridized carbons (Fsp3) is 0.167. The van der Waals surface area contributed by atoms with Crippen molar-refractivity contribution in [3.63, 3.8) is 0 Å². The van der Waals surface area contributed by atoms with Crippen molar-refractivity contribution in [3.8, 4) is 11.5 Å². The summed E-state index contributed by atoms with van der Waals surface area (Å²) >= 11 is 1.79. The third-order valence-electron chi connectivity index (χ3n) is 3.76. The molecular formula is C18H16N2O2S. The number of furan rings is 1. The summed E-state index contributed by atoms with van der Waals surface area (Å²) in [6.07, 6.45) is 1.63. The van der Waals surface area contributed by atoms with Crippen LogP contribution in [0.25, 0.3) is 21.6 Å². The molecule has 0 saturated heterocycles. The molecule has 4 aromatic rings. The first-order valence-electron chi connectivity index (χ1n) is 7.43. The smallest absolute Gasteiger partial charge is 0.202 e. The van der Waals surface area contributed by atoms with E-state index in [1.165, 1.54) is 15.6 Å². The van der Waals surface area contributed by atoms with Gasteiger partial charge in [-0.15, -0.1) is 11.3 Å². The molecule has 4 rings (SSSR count). The average molecular weight is 324 g/mol. The second-order valence-electron chi connectivity index (χ2n) is 5.59. The van der Waals surface area contributed by atoms with Gasteiger partial charge in [-0.25, -0.2) is 0 Å². The number of thiophene rings is 1. The zero-order valence-electron chi connectivity index (χ0n) is 12.7. The van der Waals surface area contributed by atoms with Gasteiger partial charge in [0.15, 0.2) is 5.76 Å². The van der Waals surface area contributed by atoms with E-state index in [1.807, 2.05) is 18.2 Å². The Labute approximate surface area is 137 Å². The standard InChI is InChI=1S/C18H16N2O2S/c1-20(10-13-12-23-18-7-3-2-5-15(13)18)11-14-9-17(22-19-14)16-6-4-8-21-16/h2-9,12H,10-11H2,1H3. The zero-order chi connectivity index (χ0) is 15.6. The third-order valence-corrected chi connectivity index (χ3v) is 4.77. The third kappa shape index (κ3) is 2.93. The summed E-state index contributed by atoms with van der Waals surface area (Å²) in [5.41, 5.74) is 2.25. The highest BCUT2D eigenvalue weighted by atomic mass is 32.1. The summed E-state index contributed by atoms with van der Waals surface area (Å²) in [4.78, 5) is 2.23. The van der Waals surface area contributed by atoms with E-state index < -0.39 is 0 Å². The Balaban J connectivity index is 1.47. The molecule has 5 heteroatoms. The fourth-order valence-electron chi connectivity index (χ4n) is 2.70. The van der Waals surface area contributed by atoms with Crippen molar-refractivity contribution in [2.24, 2.45) is 0 Å². The van der Waals surface area contributed by atoms with E-state index in [1.54, 1.807) is 17.6 Å². The maximum Gasteiger partial charge on any atom is 0.202 e. The van der Waals surface area contributed by atoms with Crippen molar-refractivity contribution >= 4 is 21.4 Å². The van der Waals surface area contributed by atoms with Crippen LogP contribution >= 0.6 is 11.3 Å². The summed E-state index contributed by atoms with van der Waals surface area (Å²) in [5, 5.41) is 7.70. The van der Waals surface area contributed by atoms with Crippen molar-refractivity contribution in [1.82, 2.24) is 10.1 Å². The van der Waals surface area contributed by atoms with Gasteiger partial charge in [-0.2, -0.15) is 0 Å². The van der Waals surface area contributed by atoms with Crippen LogP contribution in [-0.2, 0) is 13.1 Å². The Bertz CT molecular complexity index is 908. The molecule has 23 heavy (non-hydrogen) atoms. The van der Waals surface area contributed by atoms with Gasteiger partial charge in [0, 0.05) is 23.9 Å². The lowest BCUT2D eigenvalue weighted by molar-refractivity contribution is 0.305. The maximum absolute atomic E-state index is 5.35. The molecule has 1 aromatic carbocycles. The van der Waals surface area contributed by atoms with Gasteiger partial charge in [-0.3, -0.25) is 4.90 Å². The van der Waals surface area contributed by atoms with Crippen LogP contribution in [0.4, 0.5) is 0 Å². The van der Waals surface area contributed by atoms with E-state index in [4.69, 9.17) is 8.94 Å². The molecule has 0 atom stereocenters. The Hall–Kier alpha value is -2.37. The monoisotopic (exact) mass is 324 g/mol. The number of aromatic nitrogens is 1. The predicted molar refractivity (Wildman–Crippen MR) is 91.2 cm³/mol. The average Bonchev–Trinajstić information content (AvgIpc) is 3.27. The molecule has 3 heterocycles. The summed E-state index contributed by atoms with van der Waals surface area (Å²) in [5.74, 6) is 1.37. The second kappa shape index (κ2) is 6.02. The molecule has 0 bridgehead atoms. The normalized spacial score (nSPS) is 11.6. The summed E-state index contributed by atoms with van der Waals surface area (Å²) in [6, 6.07) is 14.2. The van der Waals surface area contributed by atoms with E-state index in [2.05, 4.69) is 46.7 Å². The molecule has 0 radical (unpaired) electrons. The molecule has 0 aliphatic heterocycles. The fourth-order valence-corrected chi connectivity index (χ4v) is 3.65. The number of nitrogens with zero attached hydrogens (tertiary/aromatic N) is 2. The van der Waals surface area contributed by atoms with Gasteiger partial charge in [-0.1, -0.05) is 23.4 Å². The number of hydrogen-bond donors (Lipinski definition) is 0. The molecule has 0 unspecified atom stereocenters. The van der Waals surface area contributed by atoms with Gasteiger partial charge in [0.05, 0.1) is 12.0 Å². The van der Waals surface area contributed by atoms with E-state index in [9.17, 15) is 0 Å². The van der Waals surface area contributed by atoms with E-state index in [0.29, 0.717) is 11.5 Å². The lowest BCUT2D eigenvalue weighted by atomic mass is 10.1. The van der Waals surface area contributed by atoms with Crippen LogP contribution in [0.5, 0.6) is 0 Å². The maximum atomic E-state index is 5.35. The largest absolute Gasteiger partial charge is 0.461 e. The highest BCUT2D eigenvalue weighted by Crippen LogP contribution is 2.27. The SMILES string of the molecule is CN(Cc1cc(-c2ccco2)on1)Cc1csc2ccccc12. The number of hydrogen-bond acceptors (Lipinski definition) is 5. The van der Waals surface area contributed by atoms with Crippen molar-refractivity contribution < 1.29 is 8.94 Å². The second-order valence-corrected chi connectivity index (χ2v) is 6.50. The minimum Gasteiger partial charge on any atom is -0.461 e. The van der Waals surface area contributed by atoms with E-state index in [0.717, 1.165) is 18.8 Å². The first-order chi connectivity index (χ1) is 11.3. The van der Waals surface area contributed by atoms with E-state index in [-0.39, 0.29) is 0 Å². The lowest BCUT2D eigenvalue weighted by Gasteiger charge is -2.14. The van der Waals surface area contributed by atoms with Crippen LogP contribution in [0.15, 0.2) is 63.0 Å². The molecule has 0 amide bonds. The Morgan fingerprint density at radius 3 is 2.87 bits per heavy atom. The number of benzene rings is 1. The van der Waals surface area contributed by atoms with Gasteiger partial charge in [0.25, 0.3) is 0 Å². The molecule has 4 nitrogen and oxygen atoms in total. The van der Waals surface area contributed by atoms with Crippen LogP contribution in [0, 0.1) is 0 Å². The highest BCUT2D eigenvalue weighted by Gasteiger charge is 2.12. The summed E-state index contributed by atoms with van der Waals surface area (Å²) in [7, 11) is 2.09. The minimum absolute atomic E-state index is 0.666. The van der Waals surface area contributed by atoms with Gasteiger partial charge in [-0.05, 0) is 41.6 Å². The Kier molecular flexibility index (Phi) is 3.73. The van der Waals surface area contributed by atoms with Crippen molar-refractivity contribution in [2.75, 3.05) is 7.05 Å². The summed E-state index contributed by atoms with van der Waals surface area (Å²) < 4.78 is 12.0. The molecular weight excluding hydrogens is 308 g/mol. The topological polar surface area (TPSA) is 42.4 Å². The van der Waals surface area contributed by atoms with E-state index >= 15 is 0 Å². The molecule has 0 aliphatic rings. The predicted octanol–water partition coefficient (Wildman–Crippen LogP) is 4.78. The highest BCUT2D eigenvalue weighted by molar-refractivity contribution is 7.17. The summed E-state index contributed by atoms with van der Waals surface area (Å²) in [6.45, 7) is 1.61. The van der Waals surface area contributed by atoms with Crippen LogP contribution in [0.3, 0.4) is 0 Å². The van der Waals surface area contributed by atoms with Gasteiger partial charge in [0.1, 0.15) is 0 Å². The molecule has 0 saturated carbocycles. The first-order valence-corrected chi connectivity index (χ1v) is 8.31. The van der Waals surface area contributed by atoms with Crippen molar-refractivity contribution in [1.29, 1.82) is 0 Å². The number of fused-ring (bicyclic) bond motifs is 1. The molecule has 116 valence electrons. The Morgan fingerprint density at radius 1 is 1.09 bits per heavy atom. The molecule has 0 N–H and O–H groups in total.